The van der Waals surface area contributed by atoms with Gasteiger partial charge in [-0.1, -0.05) is 12.1 Å². The van der Waals surface area contributed by atoms with E-state index in [1.807, 2.05) is 13.8 Å². The predicted molar refractivity (Wildman–Crippen MR) is 92.7 cm³/mol. The number of aliphatic imine (C=N–C) groups is 1. The molecule has 2 heterocycles. The molecule has 0 radical (unpaired) electrons. The SMILES string of the molecule is CC1CN(C2=NC(=O)/C(=C\c3cccc([N+](=O)[O-])c3)S2)CC(C)O1. The van der Waals surface area contributed by atoms with E-state index in [1.54, 1.807) is 18.2 Å². The van der Waals surface area contributed by atoms with Gasteiger partial charge in [0.15, 0.2) is 5.17 Å². The monoisotopic (exact) mass is 347 g/mol. The zero-order valence-corrected chi connectivity index (χ0v) is 14.2. The highest BCUT2D eigenvalue weighted by molar-refractivity contribution is 8.18. The molecule has 2 unspecified atom stereocenters. The fraction of sp³-hybridized carbons (Fsp3) is 0.375. The minimum atomic E-state index is -0.454. The van der Waals surface area contributed by atoms with Gasteiger partial charge in [0.1, 0.15) is 0 Å². The molecule has 8 heteroatoms. The molecule has 126 valence electrons. The molecule has 0 spiro atoms. The Morgan fingerprint density at radius 3 is 2.75 bits per heavy atom. The normalized spacial score (nSPS) is 25.9. The Morgan fingerprint density at radius 1 is 1.38 bits per heavy atom. The van der Waals surface area contributed by atoms with Crippen molar-refractivity contribution < 1.29 is 14.5 Å². The van der Waals surface area contributed by atoms with E-state index >= 15 is 0 Å². The molecule has 24 heavy (non-hydrogen) atoms. The number of carbonyl (C=O) groups is 1. The molecule has 2 atom stereocenters. The number of hydrogen-bond acceptors (Lipinski definition) is 6. The number of hydrogen-bond donors (Lipinski definition) is 0. The molecule has 2 aliphatic heterocycles. The number of non-ortho nitro benzene ring substituents is 1. The van der Waals surface area contributed by atoms with Crippen LogP contribution in [-0.2, 0) is 9.53 Å². The van der Waals surface area contributed by atoms with Gasteiger partial charge in [-0.25, -0.2) is 0 Å². The molecule has 2 aliphatic rings. The van der Waals surface area contributed by atoms with Crippen molar-refractivity contribution >= 4 is 34.6 Å². The third-order valence-corrected chi connectivity index (χ3v) is 4.72. The zero-order chi connectivity index (χ0) is 17.3. The molecular formula is C16H17N3O4S. The van der Waals surface area contributed by atoms with E-state index in [0.717, 1.165) is 0 Å². The Hall–Kier alpha value is -2.19. The van der Waals surface area contributed by atoms with Crippen LogP contribution in [0.5, 0.6) is 0 Å². The molecule has 1 amide bonds. The fourth-order valence-corrected chi connectivity index (χ4v) is 3.68. The summed E-state index contributed by atoms with van der Waals surface area (Å²) in [5.41, 5.74) is 0.608. The van der Waals surface area contributed by atoms with Crippen LogP contribution in [0.3, 0.4) is 0 Å². The number of nitro benzene ring substituents is 1. The van der Waals surface area contributed by atoms with E-state index in [4.69, 9.17) is 4.74 Å². The van der Waals surface area contributed by atoms with Gasteiger partial charge in [-0.05, 0) is 37.2 Å². The van der Waals surface area contributed by atoms with Gasteiger partial charge in [0.05, 0.1) is 22.0 Å². The highest BCUT2D eigenvalue weighted by Crippen LogP contribution is 2.32. The lowest BCUT2D eigenvalue weighted by Gasteiger charge is -2.35. The smallest absolute Gasteiger partial charge is 0.286 e. The largest absolute Gasteiger partial charge is 0.372 e. The highest BCUT2D eigenvalue weighted by Gasteiger charge is 2.31. The summed E-state index contributed by atoms with van der Waals surface area (Å²) in [5, 5.41) is 11.5. The molecule has 1 aromatic carbocycles. The lowest BCUT2D eigenvalue weighted by molar-refractivity contribution is -0.384. The third kappa shape index (κ3) is 3.65. The molecule has 0 saturated carbocycles. The van der Waals surface area contributed by atoms with Crippen molar-refractivity contribution in [1.29, 1.82) is 0 Å². The second-order valence-corrected chi connectivity index (χ2v) is 6.83. The number of thioether (sulfide) groups is 1. The maximum absolute atomic E-state index is 12.1. The standard InChI is InChI=1S/C16H17N3O4S/c1-10-8-18(9-11(2)23-10)16-17-15(20)14(24-16)7-12-4-3-5-13(6-12)19(21)22/h3-7,10-11H,8-9H2,1-2H3/b14-7+. The molecule has 1 saturated heterocycles. The number of morpholine rings is 1. The first kappa shape index (κ1) is 16.7. The van der Waals surface area contributed by atoms with E-state index in [-0.39, 0.29) is 23.8 Å². The van der Waals surface area contributed by atoms with Crippen molar-refractivity contribution in [1.82, 2.24) is 4.90 Å². The van der Waals surface area contributed by atoms with Crippen LogP contribution < -0.4 is 0 Å². The van der Waals surface area contributed by atoms with Crippen LogP contribution >= 0.6 is 11.8 Å². The van der Waals surface area contributed by atoms with E-state index < -0.39 is 4.92 Å². The van der Waals surface area contributed by atoms with Crippen LogP contribution in [0.2, 0.25) is 0 Å². The summed E-state index contributed by atoms with van der Waals surface area (Å²) in [6.45, 7) is 5.36. The summed E-state index contributed by atoms with van der Waals surface area (Å²) in [7, 11) is 0. The molecular weight excluding hydrogens is 330 g/mol. The highest BCUT2D eigenvalue weighted by atomic mass is 32.2. The van der Waals surface area contributed by atoms with Gasteiger partial charge in [0.2, 0.25) is 0 Å². The molecule has 0 aromatic heterocycles. The van der Waals surface area contributed by atoms with Crippen LogP contribution in [0.1, 0.15) is 19.4 Å². The number of nitrogens with zero attached hydrogens (tertiary/aromatic N) is 3. The molecule has 0 aliphatic carbocycles. The molecule has 0 N–H and O–H groups in total. The van der Waals surface area contributed by atoms with Crippen LogP contribution in [-0.4, -0.2) is 46.2 Å². The zero-order valence-electron chi connectivity index (χ0n) is 13.3. The minimum absolute atomic E-state index is 0.00299. The number of amides is 1. The number of nitro groups is 1. The summed E-state index contributed by atoms with van der Waals surface area (Å²) in [5.74, 6) is -0.312. The topological polar surface area (TPSA) is 85.0 Å². The number of benzene rings is 1. The predicted octanol–water partition coefficient (Wildman–Crippen LogP) is 2.67. The van der Waals surface area contributed by atoms with E-state index in [2.05, 4.69) is 9.89 Å². The van der Waals surface area contributed by atoms with Crippen LogP contribution in [0.4, 0.5) is 5.69 Å². The summed E-state index contributed by atoms with van der Waals surface area (Å²) in [6.07, 6.45) is 1.80. The maximum Gasteiger partial charge on any atom is 0.286 e. The first-order valence-electron chi connectivity index (χ1n) is 7.60. The quantitative estimate of drug-likeness (QED) is 0.464. The van der Waals surface area contributed by atoms with Crippen molar-refractivity contribution in [3.63, 3.8) is 0 Å². The lowest BCUT2D eigenvalue weighted by atomic mass is 10.2. The first-order chi connectivity index (χ1) is 11.4. The van der Waals surface area contributed by atoms with Gasteiger partial charge >= 0.3 is 0 Å². The van der Waals surface area contributed by atoms with Crippen molar-refractivity contribution in [2.24, 2.45) is 4.99 Å². The Labute approximate surface area is 143 Å². The van der Waals surface area contributed by atoms with Gasteiger partial charge < -0.3 is 9.64 Å². The average Bonchev–Trinajstić information content (AvgIpc) is 2.88. The van der Waals surface area contributed by atoms with Gasteiger partial charge in [-0.3, -0.25) is 14.9 Å². The molecule has 0 bridgehead atoms. The molecule has 1 aromatic rings. The summed E-state index contributed by atoms with van der Waals surface area (Å²) >= 11 is 1.30. The second-order valence-electron chi connectivity index (χ2n) is 5.82. The first-order valence-corrected chi connectivity index (χ1v) is 8.41. The second kappa shape index (κ2) is 6.74. The third-order valence-electron chi connectivity index (χ3n) is 3.68. The van der Waals surface area contributed by atoms with Crippen molar-refractivity contribution in [2.75, 3.05) is 13.1 Å². The minimum Gasteiger partial charge on any atom is -0.372 e. The molecule has 7 nitrogen and oxygen atoms in total. The van der Waals surface area contributed by atoms with Crippen molar-refractivity contribution in [3.8, 4) is 0 Å². The van der Waals surface area contributed by atoms with Crippen LogP contribution in [0, 0.1) is 10.1 Å². The summed E-state index contributed by atoms with van der Waals surface area (Å²) in [6, 6.07) is 6.19. The van der Waals surface area contributed by atoms with Gasteiger partial charge in [-0.15, -0.1) is 0 Å². The van der Waals surface area contributed by atoms with E-state index in [1.165, 1.54) is 23.9 Å². The van der Waals surface area contributed by atoms with Crippen LogP contribution in [0.15, 0.2) is 34.2 Å². The lowest BCUT2D eigenvalue weighted by Crippen LogP contribution is -2.47. The Balaban J connectivity index is 1.77. The Kier molecular flexibility index (Phi) is 4.68. The van der Waals surface area contributed by atoms with E-state index in [9.17, 15) is 14.9 Å². The molecule has 3 rings (SSSR count). The number of carbonyl (C=O) groups excluding carboxylic acids is 1. The van der Waals surface area contributed by atoms with Gasteiger partial charge in [0.25, 0.3) is 11.6 Å². The Bertz CT molecular complexity index is 737. The summed E-state index contributed by atoms with van der Waals surface area (Å²) < 4.78 is 5.69. The number of rotatable bonds is 2. The maximum atomic E-state index is 12.1. The van der Waals surface area contributed by atoms with Crippen LogP contribution in [0.25, 0.3) is 6.08 Å². The van der Waals surface area contributed by atoms with Gasteiger partial charge in [-0.2, -0.15) is 4.99 Å². The van der Waals surface area contributed by atoms with Gasteiger partial charge in [0, 0.05) is 25.2 Å². The Morgan fingerprint density at radius 2 is 2.08 bits per heavy atom. The van der Waals surface area contributed by atoms with Crippen molar-refractivity contribution in [3.05, 3.63) is 44.8 Å². The van der Waals surface area contributed by atoms with E-state index in [0.29, 0.717) is 28.7 Å². The van der Waals surface area contributed by atoms with Crippen molar-refractivity contribution in [2.45, 2.75) is 26.1 Å². The average molecular weight is 347 g/mol. The molecule has 1 fully saturated rings. The summed E-state index contributed by atoms with van der Waals surface area (Å²) in [4.78, 5) is 29.2. The number of amidine groups is 1. The number of ether oxygens (including phenoxy) is 1. The fourth-order valence-electron chi connectivity index (χ4n) is 2.75.